The van der Waals surface area contributed by atoms with Crippen molar-refractivity contribution in [2.24, 2.45) is 11.7 Å². The van der Waals surface area contributed by atoms with Crippen LogP contribution in [0.15, 0.2) is 18.2 Å². The van der Waals surface area contributed by atoms with Gasteiger partial charge in [0.1, 0.15) is 0 Å². The predicted octanol–water partition coefficient (Wildman–Crippen LogP) is 1.30. The Kier molecular flexibility index (Phi) is 7.86. The zero-order chi connectivity index (χ0) is 18.6. The second kappa shape index (κ2) is 9.20. The van der Waals surface area contributed by atoms with Crippen LogP contribution in [0, 0.1) is 5.92 Å². The summed E-state index contributed by atoms with van der Waals surface area (Å²) in [5.74, 6) is -0.466. The zero-order valence-electron chi connectivity index (χ0n) is 14.7. The van der Waals surface area contributed by atoms with Crippen molar-refractivity contribution in [2.45, 2.75) is 32.2 Å². The molecule has 26 heavy (non-hydrogen) atoms. The summed E-state index contributed by atoms with van der Waals surface area (Å²) in [7, 11) is -3.55. The van der Waals surface area contributed by atoms with Crippen molar-refractivity contribution in [1.82, 2.24) is 5.32 Å². The third-order valence-electron chi connectivity index (χ3n) is 4.16. The molecule has 0 spiro atoms. The van der Waals surface area contributed by atoms with Gasteiger partial charge in [0.2, 0.25) is 15.9 Å². The highest BCUT2D eigenvalue weighted by Crippen LogP contribution is 2.27. The standard InChI is InChI=1S/C16H24N4O4S.ClH/c1-10(21)18-12-6-7-15(20-25(2,23)24)13(8-12)16(22)19-14-5-3-4-11(14)9-17;/h6-8,11,14,20H,3-5,9,17H2,1-2H3,(H,18,21)(H,19,22);1H. The fourth-order valence-electron chi connectivity index (χ4n) is 3.06. The monoisotopic (exact) mass is 404 g/mol. The van der Waals surface area contributed by atoms with Crippen LogP contribution < -0.4 is 21.1 Å². The van der Waals surface area contributed by atoms with E-state index in [2.05, 4.69) is 15.4 Å². The fourth-order valence-corrected chi connectivity index (χ4v) is 3.63. The van der Waals surface area contributed by atoms with Crippen LogP contribution in [0.5, 0.6) is 0 Å². The van der Waals surface area contributed by atoms with E-state index in [1.807, 2.05) is 0 Å². The molecule has 0 heterocycles. The van der Waals surface area contributed by atoms with Crippen molar-refractivity contribution in [1.29, 1.82) is 0 Å². The van der Waals surface area contributed by atoms with E-state index < -0.39 is 15.9 Å². The van der Waals surface area contributed by atoms with E-state index in [0.29, 0.717) is 12.2 Å². The van der Waals surface area contributed by atoms with Gasteiger partial charge < -0.3 is 16.4 Å². The van der Waals surface area contributed by atoms with Gasteiger partial charge in [0, 0.05) is 18.7 Å². The Morgan fingerprint density at radius 2 is 1.96 bits per heavy atom. The molecule has 146 valence electrons. The number of hydrogen-bond donors (Lipinski definition) is 4. The van der Waals surface area contributed by atoms with E-state index in [0.717, 1.165) is 25.5 Å². The SMILES string of the molecule is CC(=O)Nc1ccc(NS(C)(=O)=O)c(C(=O)NC2CCCC2CN)c1.Cl. The van der Waals surface area contributed by atoms with Gasteiger partial charge in [-0.25, -0.2) is 8.42 Å². The maximum atomic E-state index is 12.7. The van der Waals surface area contributed by atoms with E-state index >= 15 is 0 Å². The highest BCUT2D eigenvalue weighted by atomic mass is 35.5. The average molecular weight is 405 g/mol. The third kappa shape index (κ3) is 6.15. The van der Waals surface area contributed by atoms with Crippen LogP contribution in [0.25, 0.3) is 0 Å². The first-order valence-corrected chi connectivity index (χ1v) is 9.99. The highest BCUT2D eigenvalue weighted by Gasteiger charge is 2.28. The molecule has 8 nitrogen and oxygen atoms in total. The van der Waals surface area contributed by atoms with Gasteiger partial charge in [-0.15, -0.1) is 12.4 Å². The molecule has 1 aromatic rings. The van der Waals surface area contributed by atoms with Crippen LogP contribution in [-0.2, 0) is 14.8 Å². The summed E-state index contributed by atoms with van der Waals surface area (Å²) >= 11 is 0. The number of halogens is 1. The largest absolute Gasteiger partial charge is 0.349 e. The Bertz CT molecular complexity index is 770. The highest BCUT2D eigenvalue weighted by molar-refractivity contribution is 7.92. The molecule has 2 rings (SSSR count). The van der Waals surface area contributed by atoms with Crippen LogP contribution >= 0.6 is 12.4 Å². The lowest BCUT2D eigenvalue weighted by molar-refractivity contribution is -0.114. The van der Waals surface area contributed by atoms with E-state index in [-0.39, 0.29) is 41.5 Å². The number of carbonyl (C=O) groups is 2. The number of hydrogen-bond acceptors (Lipinski definition) is 5. The van der Waals surface area contributed by atoms with Crippen LogP contribution in [0.3, 0.4) is 0 Å². The number of nitrogens with two attached hydrogens (primary N) is 1. The van der Waals surface area contributed by atoms with Gasteiger partial charge in [0.25, 0.3) is 5.91 Å². The molecule has 0 bridgehead atoms. The molecule has 1 aromatic carbocycles. The summed E-state index contributed by atoms with van der Waals surface area (Å²) in [5, 5.41) is 5.52. The number of nitrogens with one attached hydrogen (secondary N) is 3. The van der Waals surface area contributed by atoms with Gasteiger partial charge in [-0.3, -0.25) is 14.3 Å². The molecule has 0 radical (unpaired) electrons. The summed E-state index contributed by atoms with van der Waals surface area (Å²) in [6.45, 7) is 1.85. The Hall–Kier alpha value is -1.84. The molecule has 10 heteroatoms. The molecule has 1 fully saturated rings. The minimum atomic E-state index is -3.55. The van der Waals surface area contributed by atoms with Gasteiger partial charge in [-0.2, -0.15) is 0 Å². The lowest BCUT2D eigenvalue weighted by Crippen LogP contribution is -2.40. The minimum Gasteiger partial charge on any atom is -0.349 e. The molecule has 1 aliphatic rings. The lowest BCUT2D eigenvalue weighted by atomic mass is 10.0. The Morgan fingerprint density at radius 3 is 2.54 bits per heavy atom. The van der Waals surface area contributed by atoms with Crippen LogP contribution in [0.4, 0.5) is 11.4 Å². The molecule has 2 atom stereocenters. The summed E-state index contributed by atoms with van der Waals surface area (Å²) in [4.78, 5) is 23.9. The fraction of sp³-hybridized carbons (Fsp3) is 0.500. The molecular formula is C16H25ClN4O4S. The first-order valence-electron chi connectivity index (χ1n) is 8.10. The maximum absolute atomic E-state index is 12.7. The van der Waals surface area contributed by atoms with Gasteiger partial charge in [-0.05, 0) is 43.5 Å². The van der Waals surface area contributed by atoms with E-state index in [4.69, 9.17) is 5.73 Å². The van der Waals surface area contributed by atoms with E-state index in [1.54, 1.807) is 0 Å². The van der Waals surface area contributed by atoms with Crippen molar-refractivity contribution in [2.75, 3.05) is 22.8 Å². The molecular weight excluding hydrogens is 380 g/mol. The Balaban J connectivity index is 0.00000338. The topological polar surface area (TPSA) is 130 Å². The lowest BCUT2D eigenvalue weighted by Gasteiger charge is -2.21. The predicted molar refractivity (Wildman–Crippen MR) is 104 cm³/mol. The van der Waals surface area contributed by atoms with E-state index in [9.17, 15) is 18.0 Å². The van der Waals surface area contributed by atoms with Crippen LogP contribution in [-0.4, -0.2) is 39.1 Å². The van der Waals surface area contributed by atoms with Crippen molar-refractivity contribution in [3.8, 4) is 0 Å². The van der Waals surface area contributed by atoms with Crippen molar-refractivity contribution < 1.29 is 18.0 Å². The summed E-state index contributed by atoms with van der Waals surface area (Å²) in [6.07, 6.45) is 3.81. The molecule has 0 saturated heterocycles. The van der Waals surface area contributed by atoms with Crippen molar-refractivity contribution in [3.63, 3.8) is 0 Å². The number of rotatable bonds is 6. The van der Waals surface area contributed by atoms with Crippen molar-refractivity contribution in [3.05, 3.63) is 23.8 Å². The molecule has 2 amide bonds. The molecule has 1 saturated carbocycles. The minimum absolute atomic E-state index is 0. The molecule has 0 aromatic heterocycles. The van der Waals surface area contributed by atoms with Crippen LogP contribution in [0.2, 0.25) is 0 Å². The van der Waals surface area contributed by atoms with Gasteiger partial charge in [0.15, 0.2) is 0 Å². The first kappa shape index (κ1) is 22.2. The number of benzene rings is 1. The van der Waals surface area contributed by atoms with Crippen LogP contribution in [0.1, 0.15) is 36.5 Å². The second-order valence-electron chi connectivity index (χ2n) is 6.32. The number of anilines is 2. The molecule has 2 unspecified atom stereocenters. The normalized spacial score (nSPS) is 19.3. The molecule has 0 aliphatic heterocycles. The Labute approximate surface area is 159 Å². The molecule has 1 aliphatic carbocycles. The molecule has 5 N–H and O–H groups in total. The third-order valence-corrected chi connectivity index (χ3v) is 4.75. The van der Waals surface area contributed by atoms with Gasteiger partial charge in [-0.1, -0.05) is 6.42 Å². The quantitative estimate of drug-likeness (QED) is 0.567. The van der Waals surface area contributed by atoms with Crippen molar-refractivity contribution >= 4 is 45.6 Å². The average Bonchev–Trinajstić information content (AvgIpc) is 2.94. The smallest absolute Gasteiger partial charge is 0.253 e. The number of amides is 2. The summed E-state index contributed by atoms with van der Waals surface area (Å²) in [6, 6.07) is 4.41. The first-order chi connectivity index (χ1) is 11.7. The van der Waals surface area contributed by atoms with Gasteiger partial charge in [0.05, 0.1) is 17.5 Å². The summed E-state index contributed by atoms with van der Waals surface area (Å²) < 4.78 is 25.4. The maximum Gasteiger partial charge on any atom is 0.253 e. The van der Waals surface area contributed by atoms with Gasteiger partial charge >= 0.3 is 0 Å². The summed E-state index contributed by atoms with van der Waals surface area (Å²) in [5.41, 5.74) is 6.47. The number of carbonyl (C=O) groups excluding carboxylic acids is 2. The zero-order valence-corrected chi connectivity index (χ0v) is 16.4. The Morgan fingerprint density at radius 1 is 1.27 bits per heavy atom. The van der Waals surface area contributed by atoms with E-state index in [1.165, 1.54) is 25.1 Å². The number of sulfonamides is 1. The second-order valence-corrected chi connectivity index (χ2v) is 8.07.